The third kappa shape index (κ3) is 7.43. The molecule has 1 aliphatic carbocycles. The summed E-state index contributed by atoms with van der Waals surface area (Å²) < 4.78 is 7.20. The third-order valence-corrected chi connectivity index (χ3v) is 10.6. The predicted octanol–water partition coefficient (Wildman–Crippen LogP) is 6.68. The molecule has 0 saturated carbocycles. The molecule has 0 spiro atoms. The molecule has 3 aliphatic rings. The molecule has 5 rings (SSSR count). The third-order valence-electron chi connectivity index (χ3n) is 9.30. The summed E-state index contributed by atoms with van der Waals surface area (Å²) >= 11 is 13.9. The van der Waals surface area contributed by atoms with E-state index in [2.05, 4.69) is 53.8 Å². The van der Waals surface area contributed by atoms with Crippen molar-refractivity contribution in [3.8, 4) is 0 Å². The molecule has 1 aromatic carbocycles. The van der Waals surface area contributed by atoms with Crippen molar-refractivity contribution in [2.75, 3.05) is 46.4 Å². The molecule has 222 valence electrons. The maximum absolute atomic E-state index is 13.4. The molecule has 2 atom stereocenters. The Morgan fingerprint density at radius 1 is 1.05 bits per heavy atom. The summed E-state index contributed by atoms with van der Waals surface area (Å²) in [6, 6.07) is 6.35. The Bertz CT molecular complexity index is 1260. The molecule has 1 unspecified atom stereocenters. The van der Waals surface area contributed by atoms with Gasteiger partial charge in [-0.3, -0.25) is 19.5 Å². The molecule has 2 aliphatic heterocycles. The molecular weight excluding hydrogens is 670 g/mol. The number of carbonyl (C=O) groups is 2. The number of likely N-dealkylation sites (tertiary alicyclic amines) is 2. The Morgan fingerprint density at radius 2 is 1.76 bits per heavy atom. The summed E-state index contributed by atoms with van der Waals surface area (Å²) in [7, 11) is 1.63. The van der Waals surface area contributed by atoms with Crippen LogP contribution in [0, 0.1) is 17.8 Å². The largest absolute Gasteiger partial charge is 0.384 e. The molecule has 0 N–H and O–H groups in total. The number of aryl methyl sites for hydroxylation is 2. The van der Waals surface area contributed by atoms with Gasteiger partial charge in [0.25, 0.3) is 0 Å². The van der Waals surface area contributed by atoms with Crippen molar-refractivity contribution in [3.63, 3.8) is 0 Å². The normalized spacial score (nSPS) is 21.2. The van der Waals surface area contributed by atoms with E-state index in [0.29, 0.717) is 31.4 Å². The quantitative estimate of drug-likeness (QED) is 0.306. The first kappa shape index (κ1) is 31.1. The first-order valence-electron chi connectivity index (χ1n) is 14.9. The summed E-state index contributed by atoms with van der Waals surface area (Å²) in [4.78, 5) is 35.1. The maximum atomic E-state index is 13.4. The van der Waals surface area contributed by atoms with E-state index < -0.39 is 0 Å². The number of pyridine rings is 1. The van der Waals surface area contributed by atoms with Gasteiger partial charge in [-0.05, 0) is 114 Å². The predicted molar refractivity (Wildman–Crippen MR) is 169 cm³/mol. The Hall–Kier alpha value is -1.32. The van der Waals surface area contributed by atoms with Gasteiger partial charge in [0.1, 0.15) is 0 Å². The minimum Gasteiger partial charge on any atom is -0.384 e. The van der Waals surface area contributed by atoms with Crippen LogP contribution in [0.4, 0.5) is 0 Å². The van der Waals surface area contributed by atoms with E-state index in [1.807, 2.05) is 19.2 Å². The minimum absolute atomic E-state index is 0.0706. The van der Waals surface area contributed by atoms with Crippen LogP contribution in [0.2, 0.25) is 5.02 Å². The highest BCUT2D eigenvalue weighted by Crippen LogP contribution is 2.46. The number of piperidine rings is 2. The van der Waals surface area contributed by atoms with Crippen LogP contribution < -0.4 is 0 Å². The fourth-order valence-corrected chi connectivity index (χ4v) is 8.46. The zero-order valence-electron chi connectivity index (χ0n) is 24.0. The Labute approximate surface area is 265 Å². The summed E-state index contributed by atoms with van der Waals surface area (Å²) in [5.41, 5.74) is 5.07. The zero-order valence-corrected chi connectivity index (χ0v) is 27.9. The van der Waals surface area contributed by atoms with Gasteiger partial charge >= 0.3 is 0 Å². The van der Waals surface area contributed by atoms with Crippen LogP contribution in [-0.4, -0.2) is 72.9 Å². The highest BCUT2D eigenvalue weighted by atomic mass is 79.9. The molecule has 2 saturated heterocycles. The second kappa shape index (κ2) is 14.0. The molecule has 41 heavy (non-hydrogen) atoms. The number of nitrogens with zero attached hydrogens (tertiary/aromatic N) is 3. The number of hydrogen-bond acceptors (Lipinski definition) is 5. The van der Waals surface area contributed by atoms with Crippen molar-refractivity contribution in [2.45, 2.75) is 57.8 Å². The molecule has 0 bridgehead atoms. The number of hydrogen-bond donors (Lipinski definition) is 0. The smallest absolute Gasteiger partial charge is 0.222 e. The molecule has 1 aromatic heterocycles. The van der Waals surface area contributed by atoms with Crippen LogP contribution in [0.25, 0.3) is 0 Å². The van der Waals surface area contributed by atoms with Crippen LogP contribution in [0.5, 0.6) is 0 Å². The lowest BCUT2D eigenvalue weighted by molar-refractivity contribution is -0.134. The van der Waals surface area contributed by atoms with Crippen LogP contribution in [0.1, 0.15) is 67.3 Å². The Balaban J connectivity index is 1.19. The number of amides is 1. The minimum atomic E-state index is -0.0706. The van der Waals surface area contributed by atoms with Gasteiger partial charge in [0.2, 0.25) is 5.91 Å². The van der Waals surface area contributed by atoms with Crippen LogP contribution in [-0.2, 0) is 27.2 Å². The molecule has 2 aromatic rings. The molecule has 9 heteroatoms. The molecule has 0 radical (unpaired) electrons. The van der Waals surface area contributed by atoms with Crippen molar-refractivity contribution in [3.05, 3.63) is 60.7 Å². The van der Waals surface area contributed by atoms with Crippen molar-refractivity contribution in [2.24, 2.45) is 17.8 Å². The highest BCUT2D eigenvalue weighted by Gasteiger charge is 2.36. The number of halogens is 3. The molecule has 6 nitrogen and oxygen atoms in total. The van der Waals surface area contributed by atoms with Gasteiger partial charge in [-0.25, -0.2) is 0 Å². The van der Waals surface area contributed by atoms with Crippen molar-refractivity contribution >= 4 is 55.2 Å². The first-order valence-corrected chi connectivity index (χ1v) is 16.8. The maximum Gasteiger partial charge on any atom is 0.222 e. The Morgan fingerprint density at radius 3 is 2.46 bits per heavy atom. The molecule has 1 amide bonds. The van der Waals surface area contributed by atoms with Gasteiger partial charge in [-0.1, -0.05) is 34.5 Å². The topological polar surface area (TPSA) is 62.7 Å². The van der Waals surface area contributed by atoms with Crippen LogP contribution in [0.3, 0.4) is 0 Å². The van der Waals surface area contributed by atoms with E-state index >= 15 is 0 Å². The van der Waals surface area contributed by atoms with E-state index in [1.165, 1.54) is 22.4 Å². The van der Waals surface area contributed by atoms with E-state index in [9.17, 15) is 9.59 Å². The monoisotopic (exact) mass is 707 g/mol. The number of Topliss-reactive ketones (excluding diaryl/α,β-unsaturated/α-hetero) is 1. The highest BCUT2D eigenvalue weighted by molar-refractivity contribution is 9.10. The summed E-state index contributed by atoms with van der Waals surface area (Å²) in [5, 5.41) is 0.757. The lowest BCUT2D eigenvalue weighted by Crippen LogP contribution is -2.43. The number of methoxy groups -OCH3 is 1. The molecule has 2 fully saturated rings. The number of benzene rings is 1. The Kier molecular flexibility index (Phi) is 10.6. The number of rotatable bonds is 8. The average molecular weight is 710 g/mol. The zero-order chi connectivity index (χ0) is 29.1. The lowest BCUT2D eigenvalue weighted by Gasteiger charge is -2.38. The number of ketones is 1. The molecule has 3 heterocycles. The van der Waals surface area contributed by atoms with Gasteiger partial charge in [-0.15, -0.1) is 0 Å². The molecular formula is C32H40Br2ClN3O3. The van der Waals surface area contributed by atoms with E-state index in [0.717, 1.165) is 78.7 Å². The fraction of sp³-hybridized carbons (Fsp3) is 0.594. The average Bonchev–Trinajstić information content (AvgIpc) is 3.11. The fourth-order valence-electron chi connectivity index (χ4n) is 6.96. The number of carbonyl (C=O) groups excluding carboxylic acids is 2. The van der Waals surface area contributed by atoms with Crippen molar-refractivity contribution in [1.82, 2.24) is 14.8 Å². The van der Waals surface area contributed by atoms with Gasteiger partial charge in [0.05, 0.1) is 18.8 Å². The van der Waals surface area contributed by atoms with Crippen LogP contribution in [0.15, 0.2) is 33.3 Å². The standard InChI is InChI=1S/C32H40Br2ClN3O3/c1-20(19-41-2)28(39)18-37-9-5-21(6-10-37)13-29(40)38-11-7-22(8-12-38)31-30-23(15-26(35)16-27(30)34)3-4-24-14-25(33)17-36-32(24)31/h14-17,20-22,31H,3-13,18-19H2,1-2H3/t20?,31-/m1/s1. The van der Waals surface area contributed by atoms with Gasteiger partial charge in [-0.2, -0.15) is 0 Å². The number of aromatic nitrogens is 1. The van der Waals surface area contributed by atoms with Gasteiger partial charge in [0.15, 0.2) is 5.78 Å². The lowest BCUT2D eigenvalue weighted by atomic mass is 9.76. The van der Waals surface area contributed by atoms with E-state index in [-0.39, 0.29) is 23.5 Å². The van der Waals surface area contributed by atoms with Crippen molar-refractivity contribution < 1.29 is 14.3 Å². The first-order chi connectivity index (χ1) is 19.7. The van der Waals surface area contributed by atoms with E-state index in [1.54, 1.807) is 7.11 Å². The second-order valence-electron chi connectivity index (χ2n) is 12.1. The van der Waals surface area contributed by atoms with E-state index in [4.69, 9.17) is 21.3 Å². The second-order valence-corrected chi connectivity index (χ2v) is 14.3. The number of ether oxygens (including phenoxy) is 1. The summed E-state index contributed by atoms with van der Waals surface area (Å²) in [6.45, 7) is 6.23. The van der Waals surface area contributed by atoms with Crippen molar-refractivity contribution in [1.29, 1.82) is 0 Å². The van der Waals surface area contributed by atoms with Gasteiger partial charge < -0.3 is 9.64 Å². The number of fused-ring (bicyclic) bond motifs is 2. The summed E-state index contributed by atoms with van der Waals surface area (Å²) in [6.07, 6.45) is 8.27. The van der Waals surface area contributed by atoms with Gasteiger partial charge in [0, 0.05) is 58.6 Å². The SMILES string of the molecule is COCC(C)C(=O)CN1CCC(CC(=O)N2CCC([C@H]3c4ncc(Br)cc4CCc4cc(Cl)cc(Br)c43)CC2)CC1. The van der Waals surface area contributed by atoms with Crippen LogP contribution >= 0.6 is 43.5 Å². The summed E-state index contributed by atoms with van der Waals surface area (Å²) in [5.74, 6) is 1.43.